The standard InChI is InChI=1S/C23H31N3O3/c1-2-29-23(28)15-14-20(16-21-17-24-18-25-21)26-22(27)13-9-4-3-6-10-19-11-7-5-8-12-19/h5,7-8,11-12,14-15,17-18,20H,2-4,6,9-10,13,16H2,1H3,(H,24,25)(H,26,27)/t20-/m0/s1. The Morgan fingerprint density at radius 3 is 2.69 bits per heavy atom. The first kappa shape index (κ1) is 22.4. The number of aromatic amines is 1. The fraction of sp³-hybridized carbons (Fsp3) is 0.435. The highest BCUT2D eigenvalue weighted by Gasteiger charge is 2.12. The monoisotopic (exact) mass is 397 g/mol. The van der Waals surface area contributed by atoms with Gasteiger partial charge in [0.05, 0.1) is 19.0 Å². The van der Waals surface area contributed by atoms with Crippen molar-refractivity contribution in [1.29, 1.82) is 0 Å². The lowest BCUT2D eigenvalue weighted by atomic mass is 10.1. The number of esters is 1. The lowest BCUT2D eigenvalue weighted by Gasteiger charge is -2.14. The predicted octanol–water partition coefficient (Wildman–Crippen LogP) is 3.75. The second-order valence-electron chi connectivity index (χ2n) is 6.97. The van der Waals surface area contributed by atoms with Crippen LogP contribution in [0.4, 0.5) is 0 Å². The molecule has 0 bridgehead atoms. The van der Waals surface area contributed by atoms with Gasteiger partial charge in [0, 0.05) is 30.8 Å². The minimum Gasteiger partial charge on any atom is -0.463 e. The molecule has 2 aromatic rings. The van der Waals surface area contributed by atoms with E-state index in [2.05, 4.69) is 39.6 Å². The molecule has 0 aliphatic carbocycles. The average Bonchev–Trinajstić information content (AvgIpc) is 3.23. The lowest BCUT2D eigenvalue weighted by molar-refractivity contribution is -0.137. The molecule has 0 fully saturated rings. The zero-order valence-electron chi connectivity index (χ0n) is 17.1. The molecule has 1 heterocycles. The summed E-state index contributed by atoms with van der Waals surface area (Å²) in [6, 6.07) is 10.2. The van der Waals surface area contributed by atoms with E-state index < -0.39 is 5.97 Å². The number of carbonyl (C=O) groups is 2. The summed E-state index contributed by atoms with van der Waals surface area (Å²) in [5.74, 6) is -0.416. The molecule has 6 heteroatoms. The van der Waals surface area contributed by atoms with Gasteiger partial charge in [-0.1, -0.05) is 49.2 Å². The van der Waals surface area contributed by atoms with Gasteiger partial charge in [0.1, 0.15) is 0 Å². The molecule has 1 aromatic heterocycles. The zero-order valence-corrected chi connectivity index (χ0v) is 17.1. The van der Waals surface area contributed by atoms with Gasteiger partial charge in [-0.05, 0) is 31.7 Å². The first-order chi connectivity index (χ1) is 14.2. The Bertz CT molecular complexity index is 742. The number of aromatic nitrogens is 2. The number of benzene rings is 1. The van der Waals surface area contributed by atoms with Crippen molar-refractivity contribution in [2.75, 3.05) is 6.61 Å². The van der Waals surface area contributed by atoms with Crippen molar-refractivity contribution in [2.24, 2.45) is 0 Å². The number of ether oxygens (including phenoxy) is 1. The number of nitrogens with zero attached hydrogens (tertiary/aromatic N) is 1. The van der Waals surface area contributed by atoms with Crippen molar-refractivity contribution >= 4 is 11.9 Å². The summed E-state index contributed by atoms with van der Waals surface area (Å²) in [6.07, 6.45) is 12.6. The summed E-state index contributed by atoms with van der Waals surface area (Å²) in [5, 5.41) is 2.99. The molecule has 2 N–H and O–H groups in total. The van der Waals surface area contributed by atoms with Crippen molar-refractivity contribution in [3.05, 3.63) is 66.3 Å². The Balaban J connectivity index is 1.69. The number of imidazole rings is 1. The molecule has 0 aliphatic heterocycles. The molecule has 0 spiro atoms. The summed E-state index contributed by atoms with van der Waals surface area (Å²) in [7, 11) is 0. The van der Waals surface area contributed by atoms with Crippen LogP contribution in [0.5, 0.6) is 0 Å². The number of nitrogens with one attached hydrogen (secondary N) is 2. The van der Waals surface area contributed by atoms with Gasteiger partial charge in [0.15, 0.2) is 0 Å². The molecule has 0 saturated carbocycles. The zero-order chi connectivity index (χ0) is 20.7. The molecule has 2 rings (SSSR count). The number of amides is 1. The smallest absolute Gasteiger partial charge is 0.330 e. The van der Waals surface area contributed by atoms with E-state index in [9.17, 15) is 9.59 Å². The van der Waals surface area contributed by atoms with Crippen LogP contribution in [-0.2, 0) is 27.2 Å². The van der Waals surface area contributed by atoms with Crippen molar-refractivity contribution in [1.82, 2.24) is 15.3 Å². The minimum absolute atomic E-state index is 0.00826. The molecular formula is C23H31N3O3. The van der Waals surface area contributed by atoms with Gasteiger partial charge in [-0.3, -0.25) is 4.79 Å². The van der Waals surface area contributed by atoms with Crippen LogP contribution in [0.3, 0.4) is 0 Å². The normalized spacial score (nSPS) is 12.0. The maximum atomic E-state index is 12.3. The number of hydrogen-bond acceptors (Lipinski definition) is 4. The number of H-pyrrole nitrogens is 1. The van der Waals surface area contributed by atoms with Crippen LogP contribution in [0.15, 0.2) is 55.0 Å². The summed E-state index contributed by atoms with van der Waals surface area (Å²) in [5.41, 5.74) is 2.25. The lowest BCUT2D eigenvalue weighted by Crippen LogP contribution is -2.35. The van der Waals surface area contributed by atoms with Gasteiger partial charge < -0.3 is 15.0 Å². The molecule has 0 radical (unpaired) electrons. The highest BCUT2D eigenvalue weighted by atomic mass is 16.5. The minimum atomic E-state index is -0.408. The second-order valence-corrected chi connectivity index (χ2v) is 6.97. The third-order valence-corrected chi connectivity index (χ3v) is 4.55. The van der Waals surface area contributed by atoms with Gasteiger partial charge in [-0.25, -0.2) is 9.78 Å². The molecule has 1 amide bonds. The highest BCUT2D eigenvalue weighted by molar-refractivity contribution is 5.82. The van der Waals surface area contributed by atoms with Crippen LogP contribution in [-0.4, -0.2) is 34.5 Å². The number of rotatable bonds is 13. The summed E-state index contributed by atoms with van der Waals surface area (Å²) < 4.78 is 4.91. The SMILES string of the molecule is CCOC(=O)C=C[C@@H](Cc1cnc[nH]1)NC(=O)CCCCCCc1ccccc1. The molecule has 0 unspecified atom stereocenters. The maximum absolute atomic E-state index is 12.3. The fourth-order valence-corrected chi connectivity index (χ4v) is 3.08. The molecule has 29 heavy (non-hydrogen) atoms. The van der Waals surface area contributed by atoms with Gasteiger partial charge in [0.2, 0.25) is 5.91 Å². The van der Waals surface area contributed by atoms with E-state index >= 15 is 0 Å². The van der Waals surface area contributed by atoms with Crippen LogP contribution in [0.1, 0.15) is 50.3 Å². The predicted molar refractivity (Wildman–Crippen MR) is 113 cm³/mol. The third-order valence-electron chi connectivity index (χ3n) is 4.55. The molecule has 1 atom stereocenters. The van der Waals surface area contributed by atoms with Gasteiger partial charge >= 0.3 is 5.97 Å². The van der Waals surface area contributed by atoms with Crippen molar-refractivity contribution in [2.45, 2.75) is 57.9 Å². The molecular weight excluding hydrogens is 366 g/mol. The number of hydrogen-bond donors (Lipinski definition) is 2. The van der Waals surface area contributed by atoms with E-state index in [1.165, 1.54) is 11.6 Å². The maximum Gasteiger partial charge on any atom is 0.330 e. The molecule has 0 saturated heterocycles. The average molecular weight is 398 g/mol. The fourth-order valence-electron chi connectivity index (χ4n) is 3.08. The quantitative estimate of drug-likeness (QED) is 0.306. The van der Waals surface area contributed by atoms with Crippen LogP contribution in [0.25, 0.3) is 0 Å². The summed E-state index contributed by atoms with van der Waals surface area (Å²) in [6.45, 7) is 2.08. The van der Waals surface area contributed by atoms with E-state index in [1.54, 1.807) is 25.5 Å². The van der Waals surface area contributed by atoms with E-state index in [4.69, 9.17) is 4.74 Å². The molecule has 0 aliphatic rings. The Morgan fingerprint density at radius 2 is 1.97 bits per heavy atom. The van der Waals surface area contributed by atoms with Crippen LogP contribution in [0.2, 0.25) is 0 Å². The Hall–Kier alpha value is -2.89. The van der Waals surface area contributed by atoms with Crippen LogP contribution in [0, 0.1) is 0 Å². The van der Waals surface area contributed by atoms with Gasteiger partial charge in [-0.2, -0.15) is 0 Å². The number of aryl methyl sites for hydroxylation is 1. The van der Waals surface area contributed by atoms with E-state index in [0.717, 1.165) is 37.8 Å². The van der Waals surface area contributed by atoms with E-state index in [0.29, 0.717) is 19.4 Å². The number of unbranched alkanes of at least 4 members (excludes halogenated alkanes) is 3. The summed E-state index contributed by atoms with van der Waals surface area (Å²) in [4.78, 5) is 30.9. The van der Waals surface area contributed by atoms with Gasteiger partial charge in [-0.15, -0.1) is 0 Å². The summed E-state index contributed by atoms with van der Waals surface area (Å²) >= 11 is 0. The Labute approximate surface area is 172 Å². The number of carbonyl (C=O) groups excluding carboxylic acids is 2. The van der Waals surface area contributed by atoms with Gasteiger partial charge in [0.25, 0.3) is 0 Å². The Morgan fingerprint density at radius 1 is 1.17 bits per heavy atom. The van der Waals surface area contributed by atoms with Crippen molar-refractivity contribution in [3.8, 4) is 0 Å². The van der Waals surface area contributed by atoms with Crippen LogP contribution >= 0.6 is 0 Å². The first-order valence-electron chi connectivity index (χ1n) is 10.3. The second kappa shape index (κ2) is 13.3. The van der Waals surface area contributed by atoms with Crippen molar-refractivity contribution in [3.63, 3.8) is 0 Å². The van der Waals surface area contributed by atoms with E-state index in [1.807, 2.05) is 6.07 Å². The van der Waals surface area contributed by atoms with Crippen molar-refractivity contribution < 1.29 is 14.3 Å². The highest BCUT2D eigenvalue weighted by Crippen LogP contribution is 2.09. The van der Waals surface area contributed by atoms with Crippen LogP contribution < -0.4 is 5.32 Å². The topological polar surface area (TPSA) is 84.1 Å². The molecule has 1 aromatic carbocycles. The largest absolute Gasteiger partial charge is 0.463 e. The first-order valence-corrected chi connectivity index (χ1v) is 10.3. The Kier molecular flexibility index (Phi) is 10.3. The molecule has 6 nitrogen and oxygen atoms in total. The molecule has 156 valence electrons. The third kappa shape index (κ3) is 9.74. The van der Waals surface area contributed by atoms with E-state index in [-0.39, 0.29) is 11.9 Å².